The lowest BCUT2D eigenvalue weighted by atomic mass is 9.97. The van der Waals surface area contributed by atoms with Crippen LogP contribution in [0.4, 0.5) is 19.7 Å². The molecule has 0 aliphatic carbocycles. The van der Waals surface area contributed by atoms with Crippen molar-refractivity contribution < 1.29 is 18.8 Å². The van der Waals surface area contributed by atoms with Gasteiger partial charge in [-0.2, -0.15) is 0 Å². The van der Waals surface area contributed by atoms with Gasteiger partial charge in [0.1, 0.15) is 5.82 Å². The number of hydrogen-bond donors (Lipinski definition) is 3. The van der Waals surface area contributed by atoms with Crippen molar-refractivity contribution in [2.24, 2.45) is 11.5 Å². The number of urea groups is 1. The van der Waals surface area contributed by atoms with E-state index < -0.39 is 18.1 Å². The van der Waals surface area contributed by atoms with Gasteiger partial charge in [-0.3, -0.25) is 9.36 Å². The molecule has 1 aliphatic heterocycles. The molecule has 4 aromatic rings. The Morgan fingerprint density at radius 3 is 2.58 bits per heavy atom. The minimum absolute atomic E-state index is 0.0895. The van der Waals surface area contributed by atoms with E-state index in [0.29, 0.717) is 52.7 Å². The van der Waals surface area contributed by atoms with Crippen LogP contribution in [0, 0.1) is 5.82 Å². The van der Waals surface area contributed by atoms with Crippen molar-refractivity contribution in [3.05, 3.63) is 89.9 Å². The van der Waals surface area contributed by atoms with Crippen LogP contribution in [-0.4, -0.2) is 39.9 Å². The third-order valence-corrected chi connectivity index (χ3v) is 6.96. The van der Waals surface area contributed by atoms with Crippen LogP contribution in [-0.2, 0) is 17.8 Å². The van der Waals surface area contributed by atoms with E-state index >= 15 is 0 Å². The first kappa shape index (κ1) is 25.2. The first-order chi connectivity index (χ1) is 18.4. The van der Waals surface area contributed by atoms with Gasteiger partial charge in [0.25, 0.3) is 0 Å². The topological polar surface area (TPSA) is 123 Å². The number of amides is 3. The standard InChI is InChI=1S/C29H28FN5O3/c30-23-14-19(16-31)10-11-21(23)20-6-3-5-18(13-20)15-27(36)26-9-4-12-34(26)29(38)33-24-17-35(28(32)37)25-8-2-1-7-22(24)25/h1-3,5-8,10-11,13-14,17,26H,4,9,12,15-16,31H2,(H2,32,37)(H,33,38)/t26-/m0/s1. The summed E-state index contributed by atoms with van der Waals surface area (Å²) < 4.78 is 15.9. The molecule has 1 fully saturated rings. The Morgan fingerprint density at radius 2 is 1.82 bits per heavy atom. The van der Waals surface area contributed by atoms with Gasteiger partial charge in [-0.05, 0) is 41.7 Å². The summed E-state index contributed by atoms with van der Waals surface area (Å²) in [6.07, 6.45) is 2.87. The highest BCUT2D eigenvalue weighted by Crippen LogP contribution is 2.29. The second-order valence-corrected chi connectivity index (χ2v) is 9.41. The van der Waals surface area contributed by atoms with Crippen LogP contribution in [0.1, 0.15) is 24.0 Å². The number of hydrogen-bond acceptors (Lipinski definition) is 4. The largest absolute Gasteiger partial charge is 0.351 e. The van der Waals surface area contributed by atoms with Crippen LogP contribution in [0.25, 0.3) is 22.0 Å². The fourth-order valence-corrected chi connectivity index (χ4v) is 5.08. The monoisotopic (exact) mass is 513 g/mol. The van der Waals surface area contributed by atoms with Gasteiger partial charge in [0.05, 0.1) is 17.2 Å². The average molecular weight is 514 g/mol. The van der Waals surface area contributed by atoms with Crippen LogP contribution in [0.3, 0.4) is 0 Å². The Labute approximate surface area is 219 Å². The Bertz CT molecular complexity index is 1550. The van der Waals surface area contributed by atoms with Crippen molar-refractivity contribution in [1.82, 2.24) is 9.47 Å². The van der Waals surface area contributed by atoms with Crippen LogP contribution >= 0.6 is 0 Å². The number of halogens is 1. The highest BCUT2D eigenvalue weighted by Gasteiger charge is 2.34. The normalized spacial score (nSPS) is 15.1. The molecule has 0 unspecified atom stereocenters. The summed E-state index contributed by atoms with van der Waals surface area (Å²) in [5, 5.41) is 3.52. The van der Waals surface area contributed by atoms with Crippen molar-refractivity contribution in [3.8, 4) is 11.1 Å². The zero-order chi connectivity index (χ0) is 26.8. The summed E-state index contributed by atoms with van der Waals surface area (Å²) in [6.45, 7) is 0.694. The molecular weight excluding hydrogens is 485 g/mol. The first-order valence-corrected chi connectivity index (χ1v) is 12.4. The van der Waals surface area contributed by atoms with Gasteiger partial charge in [-0.15, -0.1) is 0 Å². The van der Waals surface area contributed by atoms with E-state index in [9.17, 15) is 18.8 Å². The lowest BCUT2D eigenvalue weighted by Gasteiger charge is -2.24. The van der Waals surface area contributed by atoms with Gasteiger partial charge in [-0.25, -0.2) is 14.0 Å². The summed E-state index contributed by atoms with van der Waals surface area (Å²) in [4.78, 5) is 39.9. The molecule has 1 saturated heterocycles. The van der Waals surface area contributed by atoms with Crippen molar-refractivity contribution in [3.63, 3.8) is 0 Å². The molecule has 194 valence electrons. The maximum absolute atomic E-state index is 14.6. The number of benzene rings is 3. The summed E-state index contributed by atoms with van der Waals surface area (Å²) in [7, 11) is 0. The number of anilines is 1. The number of nitrogens with one attached hydrogen (secondary N) is 1. The molecule has 0 radical (unpaired) electrons. The quantitative estimate of drug-likeness (QED) is 0.347. The van der Waals surface area contributed by atoms with E-state index in [-0.39, 0.29) is 24.6 Å². The number of aromatic nitrogens is 1. The predicted molar refractivity (Wildman–Crippen MR) is 144 cm³/mol. The molecule has 3 amide bonds. The van der Waals surface area contributed by atoms with Crippen LogP contribution < -0.4 is 16.8 Å². The Morgan fingerprint density at radius 1 is 1.00 bits per heavy atom. The van der Waals surface area contributed by atoms with Crippen LogP contribution in [0.2, 0.25) is 0 Å². The van der Waals surface area contributed by atoms with Gasteiger partial charge in [-0.1, -0.05) is 54.6 Å². The first-order valence-electron chi connectivity index (χ1n) is 12.4. The lowest BCUT2D eigenvalue weighted by molar-refractivity contribution is -0.121. The molecule has 9 heteroatoms. The molecule has 8 nitrogen and oxygen atoms in total. The van der Waals surface area contributed by atoms with E-state index in [1.54, 1.807) is 54.6 Å². The van der Waals surface area contributed by atoms with Crippen molar-refractivity contribution in [2.45, 2.75) is 31.8 Å². The number of nitrogens with zero attached hydrogens (tertiary/aromatic N) is 2. The number of nitrogens with two attached hydrogens (primary N) is 2. The minimum atomic E-state index is -0.659. The average Bonchev–Trinajstić information content (AvgIpc) is 3.55. The molecule has 0 spiro atoms. The Hall–Kier alpha value is -4.50. The smallest absolute Gasteiger partial charge is 0.323 e. The number of ketones is 1. The fourth-order valence-electron chi connectivity index (χ4n) is 5.08. The maximum Gasteiger partial charge on any atom is 0.323 e. The van der Waals surface area contributed by atoms with Gasteiger partial charge in [0.15, 0.2) is 5.78 Å². The Kier molecular flexibility index (Phi) is 6.93. The number of rotatable bonds is 6. The third-order valence-electron chi connectivity index (χ3n) is 6.96. The van der Waals surface area contributed by atoms with E-state index in [2.05, 4.69) is 5.32 Å². The molecular formula is C29H28FN5O3. The molecule has 1 atom stereocenters. The maximum atomic E-state index is 14.6. The minimum Gasteiger partial charge on any atom is -0.351 e. The molecule has 2 heterocycles. The number of carbonyl (C=O) groups is 3. The molecule has 1 aliphatic rings. The fraction of sp³-hybridized carbons (Fsp3) is 0.207. The molecule has 3 aromatic carbocycles. The zero-order valence-electron chi connectivity index (χ0n) is 20.7. The van der Waals surface area contributed by atoms with Crippen molar-refractivity contribution in [1.29, 1.82) is 0 Å². The summed E-state index contributed by atoms with van der Waals surface area (Å²) in [5.41, 5.74) is 14.7. The summed E-state index contributed by atoms with van der Waals surface area (Å²) in [6, 6.07) is 17.6. The van der Waals surface area contributed by atoms with Crippen molar-refractivity contribution >= 4 is 34.4 Å². The molecule has 5 N–H and O–H groups in total. The number of likely N-dealkylation sites (tertiary alicyclic amines) is 1. The van der Waals surface area contributed by atoms with Gasteiger partial charge in [0.2, 0.25) is 0 Å². The number of Topliss-reactive ketones (excluding diaryl/α,β-unsaturated/α-hetero) is 1. The SMILES string of the molecule is NCc1ccc(-c2cccc(CC(=O)[C@@H]3CCCN3C(=O)Nc3cn(C(N)=O)c4ccccc34)c2)c(F)c1. The van der Waals surface area contributed by atoms with Gasteiger partial charge in [0, 0.05) is 36.7 Å². The molecule has 1 aromatic heterocycles. The van der Waals surface area contributed by atoms with Gasteiger partial charge >= 0.3 is 12.1 Å². The van der Waals surface area contributed by atoms with Crippen molar-refractivity contribution in [2.75, 3.05) is 11.9 Å². The zero-order valence-corrected chi connectivity index (χ0v) is 20.7. The van der Waals surface area contributed by atoms with Gasteiger partial charge < -0.3 is 21.7 Å². The molecule has 5 rings (SSSR count). The summed E-state index contributed by atoms with van der Waals surface area (Å²) in [5.74, 6) is -0.457. The molecule has 0 bridgehead atoms. The number of carbonyl (C=O) groups excluding carboxylic acids is 3. The highest BCUT2D eigenvalue weighted by atomic mass is 19.1. The number of primary amides is 1. The van der Waals surface area contributed by atoms with E-state index in [1.807, 2.05) is 6.07 Å². The van der Waals surface area contributed by atoms with Crippen LogP contribution in [0.5, 0.6) is 0 Å². The highest BCUT2D eigenvalue weighted by molar-refractivity contribution is 6.05. The van der Waals surface area contributed by atoms with E-state index in [1.165, 1.54) is 21.7 Å². The van der Waals surface area contributed by atoms with E-state index in [0.717, 1.165) is 5.56 Å². The Balaban J connectivity index is 1.32. The lowest BCUT2D eigenvalue weighted by Crippen LogP contribution is -2.43. The second kappa shape index (κ2) is 10.5. The molecule has 38 heavy (non-hydrogen) atoms. The van der Waals surface area contributed by atoms with Crippen LogP contribution in [0.15, 0.2) is 72.9 Å². The number of para-hydroxylation sites is 1. The van der Waals surface area contributed by atoms with E-state index in [4.69, 9.17) is 11.5 Å². The summed E-state index contributed by atoms with van der Waals surface area (Å²) >= 11 is 0. The second-order valence-electron chi connectivity index (χ2n) is 9.41. The predicted octanol–water partition coefficient (Wildman–Crippen LogP) is 4.64. The number of fused-ring (bicyclic) bond motifs is 1. The molecule has 0 saturated carbocycles. The third kappa shape index (κ3) is 4.88.